The van der Waals surface area contributed by atoms with Gasteiger partial charge in [0.1, 0.15) is 11.4 Å². The second-order valence-electron chi connectivity index (χ2n) is 11.1. The van der Waals surface area contributed by atoms with Gasteiger partial charge in [0.2, 0.25) is 5.91 Å². The van der Waals surface area contributed by atoms with E-state index < -0.39 is 29.6 Å². The molecule has 4 aromatic rings. The van der Waals surface area contributed by atoms with Crippen LogP contribution < -0.4 is 10.6 Å². The van der Waals surface area contributed by atoms with E-state index in [9.17, 15) is 19.1 Å². The number of para-hydroxylation sites is 2. The van der Waals surface area contributed by atoms with Crippen LogP contribution in [0.15, 0.2) is 85.2 Å². The van der Waals surface area contributed by atoms with Crippen molar-refractivity contribution in [3.63, 3.8) is 0 Å². The summed E-state index contributed by atoms with van der Waals surface area (Å²) in [6.07, 6.45) is 3.35. The number of aromatic nitrogens is 3. The van der Waals surface area contributed by atoms with E-state index in [-0.39, 0.29) is 30.9 Å². The molecule has 0 unspecified atom stereocenters. The average molecular weight is 572 g/mol. The first-order valence-corrected chi connectivity index (χ1v) is 14.3. The van der Waals surface area contributed by atoms with Crippen LogP contribution in [0.4, 0.5) is 4.39 Å². The zero-order valence-corrected chi connectivity index (χ0v) is 24.0. The number of hydrogen-bond acceptors (Lipinski definition) is 6. The minimum atomic E-state index is -1.47. The van der Waals surface area contributed by atoms with Crippen LogP contribution in [-0.4, -0.2) is 56.2 Å². The average Bonchev–Trinajstić information content (AvgIpc) is 2.99. The van der Waals surface area contributed by atoms with Crippen LogP contribution in [-0.2, 0) is 17.6 Å². The molecule has 8 nitrogen and oxygen atoms in total. The first-order valence-electron chi connectivity index (χ1n) is 14.3. The van der Waals surface area contributed by atoms with Gasteiger partial charge in [-0.2, -0.15) is 0 Å². The zero-order valence-electron chi connectivity index (χ0n) is 24.0. The first kappa shape index (κ1) is 30.7. The highest BCUT2D eigenvalue weighted by molar-refractivity contribution is 5.94. The van der Waals surface area contributed by atoms with Crippen LogP contribution in [0.1, 0.15) is 54.9 Å². The predicted molar refractivity (Wildman–Crippen MR) is 160 cm³/mol. The highest BCUT2D eigenvalue weighted by Crippen LogP contribution is 2.24. The van der Waals surface area contributed by atoms with Crippen molar-refractivity contribution < 1.29 is 19.1 Å². The van der Waals surface area contributed by atoms with E-state index >= 15 is 0 Å². The molecule has 0 spiro atoms. The standard InChI is InChI=1S/C33H38FN5O3/c1-33(2,34)17-15-24(31(41)36-19-16-25-12-8-9-18-35-25)21-30(40)28(20-23-10-4-3-5-11-23)39-32(42)29-22-37-26-13-6-7-14-27(26)38-29/h3-14,18,22,24,28,30,40H,15-17,19-21H2,1-2H3,(H,36,41)(H,39,42)/t24-,28+,30+/m1/s1. The van der Waals surface area contributed by atoms with Gasteiger partial charge in [0.25, 0.3) is 5.91 Å². The molecule has 0 aliphatic rings. The maximum absolute atomic E-state index is 14.5. The number of halogens is 1. The SMILES string of the molecule is CC(C)(F)CC[C@H](C[C@H](O)[C@H](Cc1ccccc1)NC(=O)c1cnc2ccccc2n1)C(=O)NCCc1ccccn1. The van der Waals surface area contributed by atoms with Crippen LogP contribution in [0, 0.1) is 5.92 Å². The van der Waals surface area contributed by atoms with Gasteiger partial charge in [0, 0.05) is 30.8 Å². The van der Waals surface area contributed by atoms with Crippen molar-refractivity contribution in [3.8, 4) is 0 Å². The molecular weight excluding hydrogens is 533 g/mol. The monoisotopic (exact) mass is 571 g/mol. The van der Waals surface area contributed by atoms with Gasteiger partial charge in [-0.05, 0) is 69.4 Å². The summed E-state index contributed by atoms with van der Waals surface area (Å²) in [5.74, 6) is -1.40. The largest absolute Gasteiger partial charge is 0.391 e. The summed E-state index contributed by atoms with van der Waals surface area (Å²) < 4.78 is 14.5. The van der Waals surface area contributed by atoms with Crippen molar-refractivity contribution in [3.05, 3.63) is 102 Å². The van der Waals surface area contributed by atoms with Crippen molar-refractivity contribution in [2.24, 2.45) is 5.92 Å². The van der Waals surface area contributed by atoms with E-state index in [2.05, 4.69) is 25.6 Å². The smallest absolute Gasteiger partial charge is 0.271 e. The Balaban J connectivity index is 1.49. The molecule has 220 valence electrons. The van der Waals surface area contributed by atoms with Crippen LogP contribution in [0.2, 0.25) is 0 Å². The maximum Gasteiger partial charge on any atom is 0.271 e. The normalized spacial score (nSPS) is 13.7. The fourth-order valence-corrected chi connectivity index (χ4v) is 4.79. The molecule has 2 heterocycles. The second kappa shape index (κ2) is 14.6. The molecule has 0 bridgehead atoms. The Bertz CT molecular complexity index is 1450. The van der Waals surface area contributed by atoms with Crippen LogP contribution in [0.25, 0.3) is 11.0 Å². The van der Waals surface area contributed by atoms with Crippen LogP contribution in [0.5, 0.6) is 0 Å². The summed E-state index contributed by atoms with van der Waals surface area (Å²) in [7, 11) is 0. The number of fused-ring (bicyclic) bond motifs is 1. The summed E-state index contributed by atoms with van der Waals surface area (Å²) >= 11 is 0. The number of hydrogen-bond donors (Lipinski definition) is 3. The molecule has 3 N–H and O–H groups in total. The highest BCUT2D eigenvalue weighted by Gasteiger charge is 2.30. The number of nitrogens with one attached hydrogen (secondary N) is 2. The summed E-state index contributed by atoms with van der Waals surface area (Å²) in [4.78, 5) is 39.6. The lowest BCUT2D eigenvalue weighted by Crippen LogP contribution is -2.47. The number of alkyl halides is 1. The lowest BCUT2D eigenvalue weighted by atomic mass is 9.87. The van der Waals surface area contributed by atoms with Gasteiger partial charge < -0.3 is 15.7 Å². The zero-order chi connectivity index (χ0) is 30.0. The predicted octanol–water partition coefficient (Wildman–Crippen LogP) is 4.62. The molecule has 2 aromatic carbocycles. The molecule has 9 heteroatoms. The Morgan fingerprint density at radius 2 is 1.67 bits per heavy atom. The molecule has 0 saturated carbocycles. The number of carbonyl (C=O) groups is 2. The number of carbonyl (C=O) groups excluding carboxylic acids is 2. The number of aliphatic hydroxyl groups is 1. The van der Waals surface area contributed by atoms with E-state index in [1.165, 1.54) is 20.0 Å². The molecule has 0 radical (unpaired) electrons. The quantitative estimate of drug-likeness (QED) is 0.203. The third-order valence-electron chi connectivity index (χ3n) is 7.15. The van der Waals surface area contributed by atoms with Crippen molar-refractivity contribution in [1.82, 2.24) is 25.6 Å². The number of pyridine rings is 1. The van der Waals surface area contributed by atoms with E-state index in [0.717, 1.165) is 11.3 Å². The Kier molecular flexibility index (Phi) is 10.7. The molecule has 2 amide bonds. The van der Waals surface area contributed by atoms with Crippen molar-refractivity contribution in [2.45, 2.75) is 63.8 Å². The maximum atomic E-state index is 14.5. The minimum absolute atomic E-state index is 0.0483. The highest BCUT2D eigenvalue weighted by atomic mass is 19.1. The van der Waals surface area contributed by atoms with Crippen LogP contribution >= 0.6 is 0 Å². The number of aliphatic hydroxyl groups excluding tert-OH is 1. The van der Waals surface area contributed by atoms with Crippen LogP contribution in [0.3, 0.4) is 0 Å². The van der Waals surface area contributed by atoms with Gasteiger partial charge in [-0.1, -0.05) is 48.5 Å². The Labute approximate surface area is 245 Å². The number of benzene rings is 2. The number of amides is 2. The number of nitrogens with zero attached hydrogens (tertiary/aromatic N) is 3. The van der Waals surface area contributed by atoms with Gasteiger partial charge >= 0.3 is 0 Å². The molecule has 0 aliphatic carbocycles. The van der Waals surface area contributed by atoms with Gasteiger partial charge in [-0.25, -0.2) is 9.37 Å². The Morgan fingerprint density at radius 1 is 0.952 bits per heavy atom. The lowest BCUT2D eigenvalue weighted by molar-refractivity contribution is -0.126. The van der Waals surface area contributed by atoms with E-state index in [1.807, 2.05) is 66.7 Å². The van der Waals surface area contributed by atoms with E-state index in [4.69, 9.17) is 0 Å². The van der Waals surface area contributed by atoms with Crippen molar-refractivity contribution in [1.29, 1.82) is 0 Å². The minimum Gasteiger partial charge on any atom is -0.391 e. The lowest BCUT2D eigenvalue weighted by Gasteiger charge is -2.28. The summed E-state index contributed by atoms with van der Waals surface area (Å²) in [6.45, 7) is 3.32. The molecular formula is C33H38FN5O3. The Hall–Kier alpha value is -4.24. The van der Waals surface area contributed by atoms with Gasteiger partial charge in [-0.15, -0.1) is 0 Å². The third kappa shape index (κ3) is 9.41. The van der Waals surface area contributed by atoms with Gasteiger partial charge in [0.15, 0.2) is 0 Å². The molecule has 0 aliphatic heterocycles. The van der Waals surface area contributed by atoms with Crippen molar-refractivity contribution >= 4 is 22.8 Å². The fraction of sp³-hybridized carbons (Fsp3) is 0.364. The van der Waals surface area contributed by atoms with Gasteiger partial charge in [0.05, 0.1) is 29.4 Å². The van der Waals surface area contributed by atoms with Gasteiger partial charge in [-0.3, -0.25) is 19.6 Å². The molecule has 4 rings (SSSR count). The Morgan fingerprint density at radius 3 is 2.38 bits per heavy atom. The topological polar surface area (TPSA) is 117 Å². The fourth-order valence-electron chi connectivity index (χ4n) is 4.79. The van der Waals surface area contributed by atoms with Crippen molar-refractivity contribution in [2.75, 3.05) is 6.54 Å². The first-order chi connectivity index (χ1) is 20.2. The molecule has 42 heavy (non-hydrogen) atoms. The third-order valence-corrected chi connectivity index (χ3v) is 7.15. The van der Waals surface area contributed by atoms with E-state index in [0.29, 0.717) is 30.4 Å². The molecule has 3 atom stereocenters. The molecule has 0 fully saturated rings. The molecule has 0 saturated heterocycles. The number of rotatable bonds is 14. The second-order valence-corrected chi connectivity index (χ2v) is 11.1. The molecule has 2 aromatic heterocycles. The van der Waals surface area contributed by atoms with E-state index in [1.54, 1.807) is 12.3 Å². The summed E-state index contributed by atoms with van der Waals surface area (Å²) in [5, 5.41) is 17.3. The summed E-state index contributed by atoms with van der Waals surface area (Å²) in [5.41, 5.74) is 1.67. The summed E-state index contributed by atoms with van der Waals surface area (Å²) in [6, 6.07) is 21.6.